The summed E-state index contributed by atoms with van der Waals surface area (Å²) in [6, 6.07) is 4.40. The van der Waals surface area contributed by atoms with Gasteiger partial charge in [-0.05, 0) is 31.0 Å². The van der Waals surface area contributed by atoms with Crippen molar-refractivity contribution in [1.82, 2.24) is 5.32 Å². The van der Waals surface area contributed by atoms with Crippen molar-refractivity contribution in [2.24, 2.45) is 0 Å². The fourth-order valence-corrected chi connectivity index (χ4v) is 3.39. The average molecular weight is 341 g/mol. The third-order valence-electron chi connectivity index (χ3n) is 3.99. The third kappa shape index (κ3) is 2.12. The standard InChI is InChI=1S/C14H14BrFN2O2/c15-9-3-4-10(16)11(7-9)18-8-12(19)17-14(13(18)20)5-1-2-6-14/h3-4,7H,1-2,5-6,8H2,(H,17,19). The van der Waals surface area contributed by atoms with Crippen LogP contribution in [0.1, 0.15) is 25.7 Å². The van der Waals surface area contributed by atoms with Gasteiger partial charge in [0.2, 0.25) is 5.91 Å². The van der Waals surface area contributed by atoms with Crippen LogP contribution in [0.25, 0.3) is 0 Å². The fourth-order valence-electron chi connectivity index (χ4n) is 3.04. The highest BCUT2D eigenvalue weighted by Gasteiger charge is 2.49. The van der Waals surface area contributed by atoms with Crippen molar-refractivity contribution in [2.45, 2.75) is 31.2 Å². The zero-order chi connectivity index (χ0) is 14.3. The summed E-state index contributed by atoms with van der Waals surface area (Å²) in [7, 11) is 0. The Morgan fingerprint density at radius 2 is 1.95 bits per heavy atom. The van der Waals surface area contributed by atoms with Crippen LogP contribution in [-0.2, 0) is 9.59 Å². The molecule has 1 spiro atoms. The lowest BCUT2D eigenvalue weighted by Crippen LogP contribution is -2.65. The summed E-state index contributed by atoms with van der Waals surface area (Å²) in [5.74, 6) is -0.929. The largest absolute Gasteiger partial charge is 0.340 e. The number of piperazine rings is 1. The molecule has 0 bridgehead atoms. The molecule has 20 heavy (non-hydrogen) atoms. The van der Waals surface area contributed by atoms with Crippen LogP contribution < -0.4 is 10.2 Å². The maximum absolute atomic E-state index is 14.0. The summed E-state index contributed by atoms with van der Waals surface area (Å²) in [6.45, 7) is -0.131. The molecule has 1 aromatic rings. The van der Waals surface area contributed by atoms with Crippen LogP contribution in [0, 0.1) is 5.82 Å². The number of nitrogens with one attached hydrogen (secondary N) is 1. The highest BCUT2D eigenvalue weighted by atomic mass is 79.9. The predicted molar refractivity (Wildman–Crippen MR) is 75.8 cm³/mol. The van der Waals surface area contributed by atoms with Crippen LogP contribution in [0.2, 0.25) is 0 Å². The van der Waals surface area contributed by atoms with Gasteiger partial charge in [-0.15, -0.1) is 0 Å². The topological polar surface area (TPSA) is 49.4 Å². The maximum Gasteiger partial charge on any atom is 0.253 e. The van der Waals surface area contributed by atoms with Crippen molar-refractivity contribution in [2.75, 3.05) is 11.4 Å². The fraction of sp³-hybridized carbons (Fsp3) is 0.429. The molecule has 4 nitrogen and oxygen atoms in total. The van der Waals surface area contributed by atoms with Crippen LogP contribution in [0.3, 0.4) is 0 Å². The summed E-state index contributed by atoms with van der Waals surface area (Å²) < 4.78 is 14.7. The highest BCUT2D eigenvalue weighted by Crippen LogP contribution is 2.36. The molecule has 1 aliphatic carbocycles. The number of hydrogen-bond acceptors (Lipinski definition) is 2. The molecular weight excluding hydrogens is 327 g/mol. The number of nitrogens with zero attached hydrogens (tertiary/aromatic N) is 1. The molecular formula is C14H14BrFN2O2. The van der Waals surface area contributed by atoms with E-state index in [-0.39, 0.29) is 24.0 Å². The lowest BCUT2D eigenvalue weighted by molar-refractivity contribution is -0.135. The molecule has 0 unspecified atom stereocenters. The Bertz CT molecular complexity index is 585. The normalized spacial score (nSPS) is 21.4. The SMILES string of the molecule is O=C1CN(c2cc(Br)ccc2F)C(=O)C2(CCCC2)N1. The van der Waals surface area contributed by atoms with Crippen molar-refractivity contribution in [1.29, 1.82) is 0 Å². The third-order valence-corrected chi connectivity index (χ3v) is 4.48. The van der Waals surface area contributed by atoms with Gasteiger partial charge in [0.1, 0.15) is 17.9 Å². The molecule has 1 aromatic carbocycles. The van der Waals surface area contributed by atoms with E-state index in [4.69, 9.17) is 0 Å². The van der Waals surface area contributed by atoms with Gasteiger partial charge in [-0.2, -0.15) is 0 Å². The van der Waals surface area contributed by atoms with E-state index in [1.165, 1.54) is 17.0 Å². The average Bonchev–Trinajstić information content (AvgIpc) is 2.86. The van der Waals surface area contributed by atoms with Gasteiger partial charge in [0.25, 0.3) is 5.91 Å². The van der Waals surface area contributed by atoms with Gasteiger partial charge in [-0.25, -0.2) is 4.39 Å². The summed E-state index contributed by atoms with van der Waals surface area (Å²) in [6.07, 6.45) is 3.06. The number of hydrogen-bond donors (Lipinski definition) is 1. The van der Waals surface area contributed by atoms with Crippen molar-refractivity contribution in [3.8, 4) is 0 Å². The van der Waals surface area contributed by atoms with Gasteiger partial charge in [-0.3, -0.25) is 14.5 Å². The summed E-state index contributed by atoms with van der Waals surface area (Å²) >= 11 is 3.27. The van der Waals surface area contributed by atoms with Crippen molar-refractivity contribution >= 4 is 33.4 Å². The van der Waals surface area contributed by atoms with E-state index in [1.807, 2.05) is 0 Å². The number of benzene rings is 1. The maximum atomic E-state index is 14.0. The quantitative estimate of drug-likeness (QED) is 0.853. The summed E-state index contributed by atoms with van der Waals surface area (Å²) in [5, 5.41) is 2.81. The second-order valence-electron chi connectivity index (χ2n) is 5.32. The molecule has 106 valence electrons. The molecule has 3 rings (SSSR count). The zero-order valence-electron chi connectivity index (χ0n) is 10.8. The molecule has 0 radical (unpaired) electrons. The minimum atomic E-state index is -0.829. The smallest absolute Gasteiger partial charge is 0.253 e. The van der Waals surface area contributed by atoms with E-state index < -0.39 is 11.4 Å². The first-order valence-corrected chi connectivity index (χ1v) is 7.39. The number of amides is 2. The zero-order valence-corrected chi connectivity index (χ0v) is 12.4. The Balaban J connectivity index is 2.02. The molecule has 6 heteroatoms. The lowest BCUT2D eigenvalue weighted by Gasteiger charge is -2.39. The summed E-state index contributed by atoms with van der Waals surface area (Å²) in [5.41, 5.74) is -0.671. The first-order chi connectivity index (χ1) is 9.52. The van der Waals surface area contributed by atoms with Crippen LogP contribution in [0.5, 0.6) is 0 Å². The van der Waals surface area contributed by atoms with Crippen LogP contribution in [0.15, 0.2) is 22.7 Å². The number of rotatable bonds is 1. The lowest BCUT2D eigenvalue weighted by atomic mass is 9.92. The Morgan fingerprint density at radius 3 is 2.65 bits per heavy atom. The number of anilines is 1. The van der Waals surface area contributed by atoms with Crippen molar-refractivity contribution in [3.05, 3.63) is 28.5 Å². The van der Waals surface area contributed by atoms with Crippen LogP contribution >= 0.6 is 15.9 Å². The van der Waals surface area contributed by atoms with E-state index in [1.54, 1.807) is 6.07 Å². The molecule has 1 saturated carbocycles. The van der Waals surface area contributed by atoms with Gasteiger partial charge in [0, 0.05) is 4.47 Å². The van der Waals surface area contributed by atoms with E-state index in [0.29, 0.717) is 17.3 Å². The van der Waals surface area contributed by atoms with E-state index >= 15 is 0 Å². The second-order valence-corrected chi connectivity index (χ2v) is 6.24. The molecule has 0 aromatic heterocycles. The minimum absolute atomic E-state index is 0.131. The highest BCUT2D eigenvalue weighted by molar-refractivity contribution is 9.10. The molecule has 1 aliphatic heterocycles. The first-order valence-electron chi connectivity index (χ1n) is 6.60. The van der Waals surface area contributed by atoms with Crippen molar-refractivity contribution < 1.29 is 14.0 Å². The molecule has 2 amide bonds. The summed E-state index contributed by atoms with van der Waals surface area (Å²) in [4.78, 5) is 25.9. The monoisotopic (exact) mass is 340 g/mol. The van der Waals surface area contributed by atoms with E-state index in [0.717, 1.165) is 12.8 Å². The Kier molecular flexibility index (Phi) is 3.28. The molecule has 0 atom stereocenters. The Hall–Kier alpha value is -1.43. The van der Waals surface area contributed by atoms with Gasteiger partial charge in [0.05, 0.1) is 5.69 Å². The van der Waals surface area contributed by atoms with Gasteiger partial charge in [0.15, 0.2) is 0 Å². The van der Waals surface area contributed by atoms with Crippen LogP contribution in [0.4, 0.5) is 10.1 Å². The second kappa shape index (κ2) is 4.84. The molecule has 1 heterocycles. The Morgan fingerprint density at radius 1 is 1.25 bits per heavy atom. The first kappa shape index (κ1) is 13.5. The molecule has 2 aliphatic rings. The van der Waals surface area contributed by atoms with E-state index in [9.17, 15) is 14.0 Å². The molecule has 1 saturated heterocycles. The molecule has 1 N–H and O–H groups in total. The number of halogens is 2. The number of carbonyl (C=O) groups excluding carboxylic acids is 2. The van der Waals surface area contributed by atoms with Crippen molar-refractivity contribution in [3.63, 3.8) is 0 Å². The minimum Gasteiger partial charge on any atom is -0.340 e. The van der Waals surface area contributed by atoms with Gasteiger partial charge >= 0.3 is 0 Å². The van der Waals surface area contributed by atoms with Gasteiger partial charge in [-0.1, -0.05) is 28.8 Å². The van der Waals surface area contributed by atoms with Gasteiger partial charge < -0.3 is 5.32 Å². The predicted octanol–water partition coefficient (Wildman–Crippen LogP) is 2.36. The van der Waals surface area contributed by atoms with E-state index in [2.05, 4.69) is 21.2 Å². The Labute approximate surface area is 124 Å². The number of carbonyl (C=O) groups is 2. The molecule has 2 fully saturated rings. The van der Waals surface area contributed by atoms with Crippen LogP contribution in [-0.4, -0.2) is 23.9 Å².